The highest BCUT2D eigenvalue weighted by Gasteiger charge is 2.39. The van der Waals surface area contributed by atoms with E-state index >= 15 is 0 Å². The standard InChI is InChI=1S/C18H35O5P/c1-4-10-24(20,17-8-6-5-7-9-17)23-18(2,3)11-15(19)12-21-13-16-14-22-16/h15-17,19H,4-14H2,1-3H3. The molecular formula is C18H35O5P. The normalized spacial score (nSPS) is 26.1. The minimum absolute atomic E-state index is 0.200. The minimum atomic E-state index is -2.68. The Morgan fingerprint density at radius 1 is 1.29 bits per heavy atom. The summed E-state index contributed by atoms with van der Waals surface area (Å²) in [6.07, 6.45) is 7.12. The molecule has 2 rings (SSSR count). The van der Waals surface area contributed by atoms with E-state index in [0.717, 1.165) is 38.7 Å². The van der Waals surface area contributed by atoms with Crippen LogP contribution in [-0.4, -0.2) is 54.6 Å². The van der Waals surface area contributed by atoms with Gasteiger partial charge in [0.2, 0.25) is 7.37 Å². The Morgan fingerprint density at radius 3 is 2.54 bits per heavy atom. The highest BCUT2D eigenvalue weighted by molar-refractivity contribution is 7.59. The zero-order valence-electron chi connectivity index (χ0n) is 15.5. The molecule has 5 nitrogen and oxygen atoms in total. The molecule has 142 valence electrons. The van der Waals surface area contributed by atoms with Crippen LogP contribution in [0.1, 0.15) is 65.7 Å². The average molecular weight is 362 g/mol. The first kappa shape index (κ1) is 20.4. The Kier molecular flexibility index (Phi) is 7.76. The van der Waals surface area contributed by atoms with Crippen molar-refractivity contribution in [3.8, 4) is 0 Å². The highest BCUT2D eigenvalue weighted by atomic mass is 31.2. The molecule has 2 aliphatic rings. The second kappa shape index (κ2) is 9.14. The summed E-state index contributed by atoms with van der Waals surface area (Å²) in [5.41, 5.74) is -0.410. The first-order valence-corrected chi connectivity index (χ1v) is 11.4. The number of hydrogen-bond donors (Lipinski definition) is 1. The third-order valence-corrected chi connectivity index (χ3v) is 8.31. The van der Waals surface area contributed by atoms with Gasteiger partial charge in [0, 0.05) is 18.2 Å². The lowest BCUT2D eigenvalue weighted by molar-refractivity contribution is -0.0143. The van der Waals surface area contributed by atoms with Crippen LogP contribution in [-0.2, 0) is 18.6 Å². The van der Waals surface area contributed by atoms with E-state index in [2.05, 4.69) is 6.92 Å². The molecule has 0 aromatic heterocycles. The number of epoxide rings is 1. The van der Waals surface area contributed by atoms with Crippen LogP contribution >= 0.6 is 7.37 Å². The van der Waals surface area contributed by atoms with Crippen LogP contribution < -0.4 is 0 Å². The lowest BCUT2D eigenvalue weighted by Crippen LogP contribution is -2.33. The molecule has 0 amide bonds. The molecule has 24 heavy (non-hydrogen) atoms. The Bertz CT molecular complexity index is 416. The molecule has 0 bridgehead atoms. The lowest BCUT2D eigenvalue weighted by atomic mass is 10.0. The van der Waals surface area contributed by atoms with Gasteiger partial charge in [-0.15, -0.1) is 0 Å². The summed E-state index contributed by atoms with van der Waals surface area (Å²) < 4.78 is 30.3. The van der Waals surface area contributed by atoms with E-state index in [4.69, 9.17) is 14.0 Å². The van der Waals surface area contributed by atoms with Gasteiger partial charge in [-0.2, -0.15) is 0 Å². The summed E-state index contributed by atoms with van der Waals surface area (Å²) in [4.78, 5) is 0. The number of hydrogen-bond acceptors (Lipinski definition) is 5. The van der Waals surface area contributed by atoms with Gasteiger partial charge in [0.25, 0.3) is 0 Å². The number of ether oxygens (including phenoxy) is 2. The van der Waals surface area contributed by atoms with Crippen molar-refractivity contribution in [1.82, 2.24) is 0 Å². The third-order valence-electron chi connectivity index (χ3n) is 4.81. The third kappa shape index (κ3) is 6.76. The van der Waals surface area contributed by atoms with Crippen LogP contribution in [0, 0.1) is 0 Å². The number of aliphatic hydroxyl groups excluding tert-OH is 1. The van der Waals surface area contributed by atoms with Crippen molar-refractivity contribution in [2.75, 3.05) is 26.0 Å². The van der Waals surface area contributed by atoms with E-state index in [1.165, 1.54) is 6.42 Å². The first-order chi connectivity index (χ1) is 11.3. The second-order valence-corrected chi connectivity index (χ2v) is 10.8. The van der Waals surface area contributed by atoms with Crippen LogP contribution in [0.4, 0.5) is 0 Å². The fourth-order valence-corrected chi connectivity index (χ4v) is 6.96. The van der Waals surface area contributed by atoms with E-state index in [1.54, 1.807) is 0 Å². The molecular weight excluding hydrogens is 327 g/mol. The summed E-state index contributed by atoms with van der Waals surface area (Å²) in [6, 6.07) is 0. The summed E-state index contributed by atoms with van der Waals surface area (Å²) in [5.74, 6) is 0. The van der Waals surface area contributed by atoms with Crippen molar-refractivity contribution in [3.63, 3.8) is 0 Å². The van der Waals surface area contributed by atoms with E-state index in [1.807, 2.05) is 13.8 Å². The molecule has 1 heterocycles. The van der Waals surface area contributed by atoms with Gasteiger partial charge in [-0.05, 0) is 33.1 Å². The monoisotopic (exact) mass is 362 g/mol. The molecule has 1 aliphatic carbocycles. The predicted octanol–water partition coefficient (Wildman–Crippen LogP) is 3.97. The van der Waals surface area contributed by atoms with Crippen LogP contribution in [0.5, 0.6) is 0 Å². The number of aliphatic hydroxyl groups is 1. The maximum atomic E-state index is 13.5. The van der Waals surface area contributed by atoms with Crippen molar-refractivity contribution in [3.05, 3.63) is 0 Å². The molecule has 0 aromatic rings. The second-order valence-electron chi connectivity index (χ2n) is 7.94. The highest BCUT2D eigenvalue weighted by Crippen LogP contribution is 2.59. The van der Waals surface area contributed by atoms with E-state index < -0.39 is 19.1 Å². The molecule has 1 aliphatic heterocycles. The van der Waals surface area contributed by atoms with Gasteiger partial charge in [-0.25, -0.2) is 0 Å². The quantitative estimate of drug-likeness (QED) is 0.445. The smallest absolute Gasteiger partial charge is 0.206 e. The summed E-state index contributed by atoms with van der Waals surface area (Å²) in [7, 11) is -2.68. The van der Waals surface area contributed by atoms with E-state index in [9.17, 15) is 9.67 Å². The van der Waals surface area contributed by atoms with Crippen LogP contribution in [0.15, 0.2) is 0 Å². The van der Waals surface area contributed by atoms with E-state index in [-0.39, 0.29) is 18.4 Å². The molecule has 2 fully saturated rings. The summed E-state index contributed by atoms with van der Waals surface area (Å²) >= 11 is 0. The summed E-state index contributed by atoms with van der Waals surface area (Å²) in [5, 5.41) is 10.2. The van der Waals surface area contributed by atoms with Gasteiger partial charge in [0.05, 0.1) is 31.5 Å². The molecule has 3 unspecified atom stereocenters. The van der Waals surface area contributed by atoms with Crippen molar-refractivity contribution in [2.45, 2.75) is 89.2 Å². The molecule has 1 N–H and O–H groups in total. The molecule has 0 aromatic carbocycles. The van der Waals surface area contributed by atoms with Crippen LogP contribution in [0.3, 0.4) is 0 Å². The van der Waals surface area contributed by atoms with E-state index in [0.29, 0.717) is 19.2 Å². The fourth-order valence-electron chi connectivity index (χ4n) is 3.67. The van der Waals surface area contributed by atoms with Crippen molar-refractivity contribution >= 4 is 7.37 Å². The minimum Gasteiger partial charge on any atom is -0.391 e. The summed E-state index contributed by atoms with van der Waals surface area (Å²) in [6.45, 7) is 7.50. The maximum Gasteiger partial charge on any atom is 0.206 e. The van der Waals surface area contributed by atoms with Gasteiger partial charge < -0.3 is 19.1 Å². The fraction of sp³-hybridized carbons (Fsp3) is 1.00. The van der Waals surface area contributed by atoms with Crippen LogP contribution in [0.25, 0.3) is 0 Å². The zero-order chi connectivity index (χ0) is 17.6. The largest absolute Gasteiger partial charge is 0.391 e. The van der Waals surface area contributed by atoms with Crippen molar-refractivity contribution < 1.29 is 23.7 Å². The molecule has 6 heteroatoms. The maximum absolute atomic E-state index is 13.5. The molecule has 1 saturated heterocycles. The first-order valence-electron chi connectivity index (χ1n) is 9.51. The molecule has 0 radical (unpaired) electrons. The van der Waals surface area contributed by atoms with Crippen LogP contribution in [0.2, 0.25) is 0 Å². The topological polar surface area (TPSA) is 68.3 Å². The SMILES string of the molecule is CCCP(=O)(OC(C)(C)CC(O)COCC1CO1)C1CCCCC1. The van der Waals surface area contributed by atoms with Gasteiger partial charge >= 0.3 is 0 Å². The van der Waals surface area contributed by atoms with Gasteiger partial charge in [-0.1, -0.05) is 26.2 Å². The molecule has 0 spiro atoms. The average Bonchev–Trinajstić information content (AvgIpc) is 3.31. The Morgan fingerprint density at radius 2 is 1.96 bits per heavy atom. The number of rotatable bonds is 11. The Hall–Kier alpha value is 0.0700. The Balaban J connectivity index is 1.86. The lowest BCUT2D eigenvalue weighted by Gasteiger charge is -2.37. The van der Waals surface area contributed by atoms with Gasteiger partial charge in [-0.3, -0.25) is 4.57 Å². The molecule has 3 atom stereocenters. The predicted molar refractivity (Wildman–Crippen MR) is 96.0 cm³/mol. The van der Waals surface area contributed by atoms with Crippen molar-refractivity contribution in [1.29, 1.82) is 0 Å². The van der Waals surface area contributed by atoms with Crippen molar-refractivity contribution in [2.24, 2.45) is 0 Å². The van der Waals surface area contributed by atoms with Gasteiger partial charge in [0.15, 0.2) is 0 Å². The molecule has 1 saturated carbocycles. The Labute approximate surface area is 146 Å². The zero-order valence-corrected chi connectivity index (χ0v) is 16.4. The van der Waals surface area contributed by atoms with Gasteiger partial charge in [0.1, 0.15) is 6.10 Å².